The van der Waals surface area contributed by atoms with E-state index in [1.54, 1.807) is 38.7 Å². The summed E-state index contributed by atoms with van der Waals surface area (Å²) in [4.78, 5) is 18.7. The van der Waals surface area contributed by atoms with Gasteiger partial charge in [0.1, 0.15) is 0 Å². The van der Waals surface area contributed by atoms with Gasteiger partial charge in [-0.1, -0.05) is 0 Å². The number of hydrogen-bond acceptors (Lipinski definition) is 4. The molecule has 0 bridgehead atoms. The van der Waals surface area contributed by atoms with Gasteiger partial charge >= 0.3 is 6.03 Å². The smallest absolute Gasteiger partial charge is 0.322 e. The van der Waals surface area contributed by atoms with E-state index in [-0.39, 0.29) is 12.1 Å². The first-order valence-electron chi connectivity index (χ1n) is 8.03. The zero-order chi connectivity index (χ0) is 17.8. The van der Waals surface area contributed by atoms with Gasteiger partial charge in [-0.3, -0.25) is 4.98 Å². The average molecular weight is 406 g/mol. The highest BCUT2D eigenvalue weighted by molar-refractivity contribution is 9.10. The van der Waals surface area contributed by atoms with E-state index >= 15 is 0 Å². The molecular formula is C18H20BrN3O3. The molecule has 1 aliphatic heterocycles. The lowest BCUT2D eigenvalue weighted by Crippen LogP contribution is -2.34. The van der Waals surface area contributed by atoms with Crippen LogP contribution in [0.3, 0.4) is 0 Å². The number of nitrogens with zero attached hydrogens (tertiary/aromatic N) is 2. The first-order valence-corrected chi connectivity index (χ1v) is 8.82. The molecule has 1 fully saturated rings. The molecule has 2 aromatic rings. The van der Waals surface area contributed by atoms with Crippen LogP contribution in [0.1, 0.15) is 24.4 Å². The molecule has 1 aliphatic rings. The van der Waals surface area contributed by atoms with Crippen molar-refractivity contribution < 1.29 is 14.3 Å². The van der Waals surface area contributed by atoms with E-state index in [2.05, 4.69) is 26.2 Å². The standard InChI is InChI=1S/C18H20BrN3O3/c1-24-16-10-13(19)14(11-17(16)25-2)21-18(23)22-9-3-4-15(22)12-5-7-20-8-6-12/h5-8,10-11,15H,3-4,9H2,1-2H3,(H,21,23)/t15-/m1/s1. The van der Waals surface area contributed by atoms with Gasteiger partial charge in [-0.25, -0.2) is 4.79 Å². The SMILES string of the molecule is COc1cc(Br)c(NC(=O)N2CCC[C@@H]2c2ccncc2)cc1OC. The predicted octanol–water partition coefficient (Wildman–Crippen LogP) is 4.23. The second kappa shape index (κ2) is 7.74. The van der Waals surface area contributed by atoms with E-state index in [4.69, 9.17) is 9.47 Å². The Bertz CT molecular complexity index is 755. The minimum absolute atomic E-state index is 0.0712. The van der Waals surface area contributed by atoms with Crippen LogP contribution in [0.4, 0.5) is 10.5 Å². The van der Waals surface area contributed by atoms with Crippen LogP contribution in [-0.4, -0.2) is 36.7 Å². The number of carbonyl (C=O) groups excluding carboxylic acids is 1. The Morgan fingerprint density at radius 1 is 1.24 bits per heavy atom. The minimum atomic E-state index is -0.132. The maximum Gasteiger partial charge on any atom is 0.322 e. The number of aromatic nitrogens is 1. The zero-order valence-corrected chi connectivity index (χ0v) is 15.7. The van der Waals surface area contributed by atoms with E-state index < -0.39 is 0 Å². The number of nitrogens with one attached hydrogen (secondary N) is 1. The normalized spacial score (nSPS) is 16.6. The predicted molar refractivity (Wildman–Crippen MR) is 99.2 cm³/mol. The third-order valence-corrected chi connectivity index (χ3v) is 4.98. The maximum absolute atomic E-state index is 12.8. The Balaban J connectivity index is 1.80. The Labute approximate surface area is 155 Å². The Kier molecular flexibility index (Phi) is 5.43. The van der Waals surface area contributed by atoms with Crippen molar-refractivity contribution in [1.29, 1.82) is 0 Å². The third-order valence-electron chi connectivity index (χ3n) is 4.32. The maximum atomic E-state index is 12.8. The largest absolute Gasteiger partial charge is 0.493 e. The van der Waals surface area contributed by atoms with Crippen LogP contribution in [0.25, 0.3) is 0 Å². The van der Waals surface area contributed by atoms with E-state index in [0.717, 1.165) is 29.4 Å². The number of methoxy groups -OCH3 is 2. The monoisotopic (exact) mass is 405 g/mol. The second-order valence-electron chi connectivity index (χ2n) is 5.75. The van der Waals surface area contributed by atoms with Crippen molar-refractivity contribution in [3.63, 3.8) is 0 Å². The molecule has 1 aromatic heterocycles. The van der Waals surface area contributed by atoms with Gasteiger partial charge in [0.05, 0.1) is 25.9 Å². The van der Waals surface area contributed by atoms with Crippen LogP contribution in [0.2, 0.25) is 0 Å². The molecule has 0 radical (unpaired) electrons. The molecule has 25 heavy (non-hydrogen) atoms. The quantitative estimate of drug-likeness (QED) is 0.826. The number of hydrogen-bond donors (Lipinski definition) is 1. The fraction of sp³-hybridized carbons (Fsp3) is 0.333. The first-order chi connectivity index (χ1) is 12.1. The summed E-state index contributed by atoms with van der Waals surface area (Å²) in [6.45, 7) is 0.726. The molecule has 2 heterocycles. The van der Waals surface area contributed by atoms with E-state index in [1.165, 1.54) is 0 Å². The van der Waals surface area contributed by atoms with Crippen molar-refractivity contribution >= 4 is 27.6 Å². The van der Waals surface area contributed by atoms with Crippen LogP contribution in [-0.2, 0) is 0 Å². The fourth-order valence-electron chi connectivity index (χ4n) is 3.08. The van der Waals surface area contributed by atoms with E-state index in [0.29, 0.717) is 17.2 Å². The molecule has 0 aliphatic carbocycles. The number of anilines is 1. The summed E-state index contributed by atoms with van der Waals surface area (Å²) in [6.07, 6.45) is 5.45. The van der Waals surface area contributed by atoms with Gasteiger partial charge in [-0.2, -0.15) is 0 Å². The Morgan fingerprint density at radius 3 is 2.60 bits per heavy atom. The third kappa shape index (κ3) is 3.71. The van der Waals surface area contributed by atoms with Gasteiger partial charge in [-0.15, -0.1) is 0 Å². The average Bonchev–Trinajstić information content (AvgIpc) is 3.13. The zero-order valence-electron chi connectivity index (χ0n) is 14.2. The van der Waals surface area contributed by atoms with Crippen molar-refractivity contribution in [3.8, 4) is 11.5 Å². The highest BCUT2D eigenvalue weighted by atomic mass is 79.9. The summed E-state index contributed by atoms with van der Waals surface area (Å²) in [5.74, 6) is 1.16. The highest BCUT2D eigenvalue weighted by Crippen LogP contribution is 2.37. The van der Waals surface area contributed by atoms with Gasteiger partial charge in [0.15, 0.2) is 11.5 Å². The van der Waals surface area contributed by atoms with Crippen LogP contribution in [0.5, 0.6) is 11.5 Å². The summed E-state index contributed by atoms with van der Waals surface area (Å²) >= 11 is 3.47. The molecule has 0 unspecified atom stereocenters. The van der Waals surface area contributed by atoms with Gasteiger partial charge in [-0.05, 0) is 46.5 Å². The van der Waals surface area contributed by atoms with Gasteiger partial charge in [0.2, 0.25) is 0 Å². The molecule has 1 atom stereocenters. The molecule has 6 nitrogen and oxygen atoms in total. The topological polar surface area (TPSA) is 63.7 Å². The second-order valence-corrected chi connectivity index (χ2v) is 6.60. The molecule has 7 heteroatoms. The fourth-order valence-corrected chi connectivity index (χ4v) is 3.50. The molecule has 1 aromatic carbocycles. The number of pyridine rings is 1. The number of benzene rings is 1. The number of amides is 2. The minimum Gasteiger partial charge on any atom is -0.493 e. The van der Waals surface area contributed by atoms with Crippen LogP contribution < -0.4 is 14.8 Å². The van der Waals surface area contributed by atoms with Crippen LogP contribution in [0, 0.1) is 0 Å². The molecule has 0 spiro atoms. The summed E-state index contributed by atoms with van der Waals surface area (Å²) in [5, 5.41) is 2.97. The summed E-state index contributed by atoms with van der Waals surface area (Å²) < 4.78 is 11.3. The lowest BCUT2D eigenvalue weighted by Gasteiger charge is -2.25. The van der Waals surface area contributed by atoms with Gasteiger partial charge in [0.25, 0.3) is 0 Å². The van der Waals surface area contributed by atoms with Crippen molar-refractivity contribution in [1.82, 2.24) is 9.88 Å². The Hall–Kier alpha value is -2.28. The number of carbonyl (C=O) groups is 1. The Morgan fingerprint density at radius 2 is 1.92 bits per heavy atom. The number of ether oxygens (including phenoxy) is 2. The molecule has 1 N–H and O–H groups in total. The summed E-state index contributed by atoms with van der Waals surface area (Å²) in [6, 6.07) is 7.39. The lowest BCUT2D eigenvalue weighted by atomic mass is 10.1. The van der Waals surface area contributed by atoms with E-state index in [1.807, 2.05) is 17.0 Å². The molecule has 1 saturated heterocycles. The highest BCUT2D eigenvalue weighted by Gasteiger charge is 2.30. The number of urea groups is 1. The van der Waals surface area contributed by atoms with Gasteiger partial charge in [0, 0.05) is 35.5 Å². The van der Waals surface area contributed by atoms with Crippen molar-refractivity contribution in [3.05, 3.63) is 46.7 Å². The summed E-state index contributed by atoms with van der Waals surface area (Å²) in [5.41, 5.74) is 1.75. The van der Waals surface area contributed by atoms with Crippen molar-refractivity contribution in [2.24, 2.45) is 0 Å². The number of halogens is 1. The van der Waals surface area contributed by atoms with Crippen LogP contribution >= 0.6 is 15.9 Å². The van der Waals surface area contributed by atoms with Crippen molar-refractivity contribution in [2.75, 3.05) is 26.1 Å². The molecule has 132 valence electrons. The van der Waals surface area contributed by atoms with E-state index in [9.17, 15) is 4.79 Å². The first kappa shape index (κ1) is 17.5. The summed E-state index contributed by atoms with van der Waals surface area (Å²) in [7, 11) is 3.14. The molecular weight excluding hydrogens is 386 g/mol. The van der Waals surface area contributed by atoms with Crippen molar-refractivity contribution in [2.45, 2.75) is 18.9 Å². The lowest BCUT2D eigenvalue weighted by molar-refractivity contribution is 0.207. The number of likely N-dealkylation sites (tertiary alicyclic amines) is 1. The molecule has 2 amide bonds. The van der Waals surface area contributed by atoms with Crippen LogP contribution in [0.15, 0.2) is 41.1 Å². The van der Waals surface area contributed by atoms with Gasteiger partial charge < -0.3 is 19.7 Å². The molecule has 0 saturated carbocycles. The molecule has 3 rings (SSSR count). The number of rotatable bonds is 4.